The van der Waals surface area contributed by atoms with E-state index in [1.54, 1.807) is 0 Å². The molecule has 0 radical (unpaired) electrons. The molecule has 2 aliphatic heterocycles. The Labute approximate surface area is 337 Å². The zero-order valence-electron chi connectivity index (χ0n) is 35.2. The molecule has 2 heterocycles. The smallest absolute Gasteiger partial charge is 0.209 e. The third kappa shape index (κ3) is 7.43. The summed E-state index contributed by atoms with van der Waals surface area (Å²) in [6, 6.07) is 41.1. The number of allylic oxidation sites excluding steroid dienone is 1. The molecule has 7 rings (SSSR count). The fourth-order valence-electron chi connectivity index (χ4n) is 9.55. The van der Waals surface area contributed by atoms with E-state index >= 15 is 0 Å². The predicted molar refractivity (Wildman–Crippen MR) is 245 cm³/mol. The summed E-state index contributed by atoms with van der Waals surface area (Å²) in [5.74, 6) is 0. The van der Waals surface area contributed by atoms with Gasteiger partial charge in [0.05, 0.1) is 11.5 Å². The van der Waals surface area contributed by atoms with E-state index in [2.05, 4.69) is 208 Å². The first kappa shape index (κ1) is 39.2. The van der Waals surface area contributed by atoms with E-state index in [4.69, 9.17) is 0 Å². The standard InChI is InChI=1S/C52H63N4/c1-9-53(10-2)42-30-23-39(24-31-42)27-35-48-51(5,6)45-21-15-16-22-46(45)55(48)37-17-18-38-56-47-34-29-41-19-13-14-20-44(41)50(47)52(7,8)49(56)36-28-40-25-32-43(33-26-40)54(11-3)12-4/h13-16,19-36,49H,9-12,17-18,37-38H2,1-8H3/q+1/b36-28+. The first-order valence-electron chi connectivity index (χ1n) is 21.2. The summed E-state index contributed by atoms with van der Waals surface area (Å²) >= 11 is 0. The lowest BCUT2D eigenvalue weighted by molar-refractivity contribution is -0.438. The maximum absolute atomic E-state index is 2.71. The Bertz CT molecular complexity index is 2210. The summed E-state index contributed by atoms with van der Waals surface area (Å²) in [4.78, 5) is 7.51. The summed E-state index contributed by atoms with van der Waals surface area (Å²) in [6.45, 7) is 24.6. The van der Waals surface area contributed by atoms with Crippen LogP contribution in [0, 0.1) is 0 Å². The van der Waals surface area contributed by atoms with Crippen LogP contribution in [-0.4, -0.2) is 55.6 Å². The molecular formula is C52H63N4+. The fraction of sp³-hybridized carbons (Fsp3) is 0.365. The molecule has 0 spiro atoms. The van der Waals surface area contributed by atoms with Crippen molar-refractivity contribution in [3.8, 4) is 0 Å². The number of hydrogen-bond donors (Lipinski definition) is 0. The second-order valence-corrected chi connectivity index (χ2v) is 16.6. The maximum atomic E-state index is 2.71. The SMILES string of the molecule is CCN(CC)c1ccc(/C=C/C2=[N+](CCCCN3c4ccc5ccccc5c4C(C)(C)C3/C=C/c3ccc(N(CC)CC)cc3)c3ccccc3C2(C)C)cc1. The number of nitrogens with zero attached hydrogens (tertiary/aromatic N) is 4. The van der Waals surface area contributed by atoms with Crippen molar-refractivity contribution in [1.82, 2.24) is 0 Å². The van der Waals surface area contributed by atoms with Gasteiger partial charge in [-0.05, 0) is 112 Å². The number of hydrogen-bond acceptors (Lipinski definition) is 3. The van der Waals surface area contributed by atoms with Crippen LogP contribution in [0.2, 0.25) is 0 Å². The monoisotopic (exact) mass is 744 g/mol. The largest absolute Gasteiger partial charge is 0.372 e. The van der Waals surface area contributed by atoms with Crippen molar-refractivity contribution in [3.05, 3.63) is 144 Å². The molecule has 4 nitrogen and oxygen atoms in total. The first-order valence-corrected chi connectivity index (χ1v) is 21.2. The molecule has 2 aliphatic rings. The molecule has 0 fully saturated rings. The highest BCUT2D eigenvalue weighted by molar-refractivity contribution is 6.05. The Balaban J connectivity index is 1.15. The molecule has 5 aromatic rings. The number of benzene rings is 5. The van der Waals surface area contributed by atoms with E-state index in [0.29, 0.717) is 0 Å². The minimum atomic E-state index is -0.0767. The third-order valence-electron chi connectivity index (χ3n) is 12.7. The van der Waals surface area contributed by atoms with Crippen LogP contribution in [-0.2, 0) is 10.8 Å². The highest BCUT2D eigenvalue weighted by Gasteiger charge is 2.45. The van der Waals surface area contributed by atoms with Crippen LogP contribution >= 0.6 is 0 Å². The molecule has 4 heteroatoms. The van der Waals surface area contributed by atoms with Crippen LogP contribution < -0.4 is 14.7 Å². The van der Waals surface area contributed by atoms with Crippen molar-refractivity contribution < 1.29 is 4.58 Å². The van der Waals surface area contributed by atoms with Gasteiger partial charge in [0, 0.05) is 79.3 Å². The Hall–Kier alpha value is -5.09. The molecule has 5 aromatic carbocycles. The van der Waals surface area contributed by atoms with Crippen molar-refractivity contribution in [2.45, 2.75) is 85.1 Å². The highest BCUT2D eigenvalue weighted by Crippen LogP contribution is 2.49. The summed E-state index contributed by atoms with van der Waals surface area (Å²) in [6.07, 6.45) is 11.7. The Morgan fingerprint density at radius 3 is 1.86 bits per heavy atom. The Morgan fingerprint density at radius 1 is 0.625 bits per heavy atom. The van der Waals surface area contributed by atoms with Crippen molar-refractivity contribution in [2.75, 3.05) is 54.0 Å². The average Bonchev–Trinajstić information content (AvgIpc) is 3.57. The van der Waals surface area contributed by atoms with Gasteiger partial charge in [0.15, 0.2) is 5.71 Å². The van der Waals surface area contributed by atoms with E-state index in [0.717, 1.165) is 52.1 Å². The van der Waals surface area contributed by atoms with E-state index < -0.39 is 0 Å². The van der Waals surface area contributed by atoms with Gasteiger partial charge in [-0.15, -0.1) is 0 Å². The minimum Gasteiger partial charge on any atom is -0.372 e. The molecule has 0 saturated carbocycles. The summed E-state index contributed by atoms with van der Waals surface area (Å²) in [7, 11) is 0. The normalized spacial score (nSPS) is 17.0. The quantitative estimate of drug-likeness (QED) is 0.0783. The van der Waals surface area contributed by atoms with Gasteiger partial charge in [0.25, 0.3) is 0 Å². The number of para-hydroxylation sites is 1. The molecule has 290 valence electrons. The Kier molecular flexibility index (Phi) is 11.6. The van der Waals surface area contributed by atoms with Gasteiger partial charge in [0.2, 0.25) is 5.69 Å². The number of anilines is 3. The van der Waals surface area contributed by atoms with E-state index in [1.165, 1.54) is 61.5 Å². The minimum absolute atomic E-state index is 0.0545. The van der Waals surface area contributed by atoms with Gasteiger partial charge in [-0.2, -0.15) is 4.58 Å². The van der Waals surface area contributed by atoms with Gasteiger partial charge in [-0.25, -0.2) is 0 Å². The van der Waals surface area contributed by atoms with Crippen LogP contribution in [0.15, 0.2) is 121 Å². The lowest BCUT2D eigenvalue weighted by Gasteiger charge is -2.32. The predicted octanol–water partition coefficient (Wildman–Crippen LogP) is 12.3. The van der Waals surface area contributed by atoms with Gasteiger partial charge in [-0.3, -0.25) is 0 Å². The molecule has 0 amide bonds. The van der Waals surface area contributed by atoms with Gasteiger partial charge in [-0.1, -0.05) is 98.8 Å². The molecule has 0 saturated heterocycles. The van der Waals surface area contributed by atoms with Crippen LogP contribution in [0.1, 0.15) is 90.5 Å². The lowest BCUT2D eigenvalue weighted by Crippen LogP contribution is -2.40. The molecule has 0 bridgehead atoms. The van der Waals surface area contributed by atoms with Crippen LogP contribution in [0.3, 0.4) is 0 Å². The molecule has 0 aromatic heterocycles. The zero-order valence-corrected chi connectivity index (χ0v) is 35.2. The summed E-state index contributed by atoms with van der Waals surface area (Å²) < 4.78 is 2.60. The summed E-state index contributed by atoms with van der Waals surface area (Å²) in [5.41, 5.74) is 11.9. The maximum Gasteiger partial charge on any atom is 0.209 e. The Morgan fingerprint density at radius 2 is 1.21 bits per heavy atom. The average molecular weight is 744 g/mol. The molecular weight excluding hydrogens is 681 g/mol. The number of rotatable bonds is 15. The molecule has 1 unspecified atom stereocenters. The van der Waals surface area contributed by atoms with Crippen LogP contribution in [0.5, 0.6) is 0 Å². The second-order valence-electron chi connectivity index (χ2n) is 16.6. The first-order chi connectivity index (χ1) is 27.1. The molecule has 0 aliphatic carbocycles. The molecule has 56 heavy (non-hydrogen) atoms. The topological polar surface area (TPSA) is 12.7 Å². The van der Waals surface area contributed by atoms with Crippen molar-refractivity contribution in [3.63, 3.8) is 0 Å². The summed E-state index contributed by atoms with van der Waals surface area (Å²) in [5, 5.41) is 2.70. The number of unbranched alkanes of at least 4 members (excludes halogenated alkanes) is 1. The highest BCUT2D eigenvalue weighted by atomic mass is 15.2. The van der Waals surface area contributed by atoms with E-state index in [-0.39, 0.29) is 16.9 Å². The van der Waals surface area contributed by atoms with Gasteiger partial charge >= 0.3 is 0 Å². The lowest BCUT2D eigenvalue weighted by atomic mass is 9.78. The van der Waals surface area contributed by atoms with Gasteiger partial charge < -0.3 is 14.7 Å². The van der Waals surface area contributed by atoms with Gasteiger partial charge in [0.1, 0.15) is 6.54 Å². The zero-order chi connectivity index (χ0) is 39.5. The second kappa shape index (κ2) is 16.6. The van der Waals surface area contributed by atoms with Crippen molar-refractivity contribution >= 4 is 51.4 Å². The molecule has 1 atom stereocenters. The van der Waals surface area contributed by atoms with Crippen LogP contribution in [0.4, 0.5) is 22.7 Å². The fourth-order valence-corrected chi connectivity index (χ4v) is 9.55. The van der Waals surface area contributed by atoms with Crippen LogP contribution in [0.25, 0.3) is 22.9 Å². The van der Waals surface area contributed by atoms with E-state index in [9.17, 15) is 0 Å². The van der Waals surface area contributed by atoms with E-state index in [1.807, 2.05) is 0 Å². The van der Waals surface area contributed by atoms with Crippen molar-refractivity contribution in [2.24, 2.45) is 0 Å². The molecule has 0 N–H and O–H groups in total. The van der Waals surface area contributed by atoms with Crippen molar-refractivity contribution in [1.29, 1.82) is 0 Å². The third-order valence-corrected chi connectivity index (χ3v) is 12.7. The number of fused-ring (bicyclic) bond motifs is 4.